The Kier molecular flexibility index (Phi) is 4.42. The summed E-state index contributed by atoms with van der Waals surface area (Å²) in [5.41, 5.74) is 6.08. The van der Waals surface area contributed by atoms with E-state index in [9.17, 15) is 4.79 Å². The number of carbonyl (C=O) groups is 1. The Morgan fingerprint density at radius 2 is 2.44 bits per heavy atom. The number of nitrogens with one attached hydrogen (secondary N) is 1. The van der Waals surface area contributed by atoms with Gasteiger partial charge >= 0.3 is 0 Å². The second-order valence-electron chi connectivity index (χ2n) is 3.48. The van der Waals surface area contributed by atoms with Crippen molar-refractivity contribution in [2.75, 3.05) is 0 Å². The molecular formula is C10H15N3O2S. The highest BCUT2D eigenvalue weighted by Crippen LogP contribution is 2.06. The standard InChI is InChI=1S/C10H15N3O2S/c1-3-4-7(9(11)16)13-10(14)8-6(2)12-5-15-8/h5,7H,3-4H2,1-2H3,(H2,11,16)(H,13,14). The van der Waals surface area contributed by atoms with Gasteiger partial charge in [0.15, 0.2) is 6.39 Å². The zero-order valence-corrected chi connectivity index (χ0v) is 10.1. The summed E-state index contributed by atoms with van der Waals surface area (Å²) in [6.45, 7) is 3.70. The second-order valence-corrected chi connectivity index (χ2v) is 3.96. The van der Waals surface area contributed by atoms with Crippen molar-refractivity contribution in [3.05, 3.63) is 17.8 Å². The zero-order valence-electron chi connectivity index (χ0n) is 9.32. The minimum Gasteiger partial charge on any atom is -0.438 e. The van der Waals surface area contributed by atoms with Crippen LogP contribution in [0.3, 0.4) is 0 Å². The van der Waals surface area contributed by atoms with Crippen molar-refractivity contribution in [1.29, 1.82) is 0 Å². The molecule has 0 spiro atoms. The third kappa shape index (κ3) is 3.03. The fourth-order valence-corrected chi connectivity index (χ4v) is 1.49. The maximum atomic E-state index is 11.8. The Balaban J connectivity index is 2.69. The van der Waals surface area contributed by atoms with E-state index in [2.05, 4.69) is 10.3 Å². The van der Waals surface area contributed by atoms with Crippen molar-refractivity contribution in [3.63, 3.8) is 0 Å². The third-order valence-corrected chi connectivity index (χ3v) is 2.46. The molecule has 1 aromatic heterocycles. The summed E-state index contributed by atoms with van der Waals surface area (Å²) < 4.78 is 4.98. The first-order valence-corrected chi connectivity index (χ1v) is 5.47. The largest absolute Gasteiger partial charge is 0.438 e. The van der Waals surface area contributed by atoms with E-state index in [-0.39, 0.29) is 22.7 Å². The summed E-state index contributed by atoms with van der Waals surface area (Å²) in [7, 11) is 0. The fraction of sp³-hybridized carbons (Fsp3) is 0.500. The summed E-state index contributed by atoms with van der Waals surface area (Å²) in [5.74, 6) is -0.126. The van der Waals surface area contributed by atoms with E-state index in [1.165, 1.54) is 6.39 Å². The van der Waals surface area contributed by atoms with E-state index in [4.69, 9.17) is 22.4 Å². The minimum absolute atomic E-state index is 0.206. The van der Waals surface area contributed by atoms with Crippen molar-refractivity contribution >= 4 is 23.1 Å². The van der Waals surface area contributed by atoms with E-state index >= 15 is 0 Å². The molecule has 0 aliphatic carbocycles. The number of amides is 1. The normalized spacial score (nSPS) is 12.1. The molecule has 1 aromatic rings. The van der Waals surface area contributed by atoms with Gasteiger partial charge in [0, 0.05) is 0 Å². The molecule has 0 fully saturated rings. The number of nitrogens with two attached hydrogens (primary N) is 1. The first-order chi connectivity index (χ1) is 7.56. The van der Waals surface area contributed by atoms with E-state index in [0.717, 1.165) is 6.42 Å². The van der Waals surface area contributed by atoms with Crippen molar-refractivity contribution < 1.29 is 9.21 Å². The molecule has 0 aliphatic rings. The number of aryl methyl sites for hydroxylation is 1. The Morgan fingerprint density at radius 3 is 2.88 bits per heavy atom. The molecular weight excluding hydrogens is 226 g/mol. The lowest BCUT2D eigenvalue weighted by Crippen LogP contribution is -2.43. The fourth-order valence-electron chi connectivity index (χ4n) is 1.32. The molecule has 16 heavy (non-hydrogen) atoms. The monoisotopic (exact) mass is 241 g/mol. The van der Waals surface area contributed by atoms with Crippen LogP contribution in [0.15, 0.2) is 10.8 Å². The average Bonchev–Trinajstić information content (AvgIpc) is 2.63. The minimum atomic E-state index is -0.332. The summed E-state index contributed by atoms with van der Waals surface area (Å²) in [5, 5.41) is 2.72. The van der Waals surface area contributed by atoms with Gasteiger partial charge in [0.05, 0.1) is 16.7 Å². The third-order valence-electron chi connectivity index (χ3n) is 2.18. The van der Waals surface area contributed by atoms with Crippen LogP contribution in [0.4, 0.5) is 0 Å². The number of nitrogens with zero attached hydrogens (tertiary/aromatic N) is 1. The van der Waals surface area contributed by atoms with Gasteiger partial charge in [-0.05, 0) is 13.3 Å². The molecule has 3 N–H and O–H groups in total. The molecule has 0 aromatic carbocycles. The van der Waals surface area contributed by atoms with Crippen molar-refractivity contribution in [1.82, 2.24) is 10.3 Å². The first kappa shape index (κ1) is 12.6. The van der Waals surface area contributed by atoms with Gasteiger partial charge in [-0.3, -0.25) is 4.79 Å². The molecule has 6 heteroatoms. The number of oxazole rings is 1. The predicted octanol–water partition coefficient (Wildman–Crippen LogP) is 1.17. The van der Waals surface area contributed by atoms with Crippen LogP contribution in [0.5, 0.6) is 0 Å². The van der Waals surface area contributed by atoms with E-state index in [1.54, 1.807) is 6.92 Å². The van der Waals surface area contributed by atoms with Crippen LogP contribution in [-0.2, 0) is 0 Å². The smallest absolute Gasteiger partial charge is 0.289 e. The number of hydrogen-bond donors (Lipinski definition) is 2. The highest BCUT2D eigenvalue weighted by atomic mass is 32.1. The number of hydrogen-bond acceptors (Lipinski definition) is 4. The molecule has 5 nitrogen and oxygen atoms in total. The summed E-state index contributed by atoms with van der Waals surface area (Å²) in [6.07, 6.45) is 2.84. The molecule has 88 valence electrons. The Bertz CT molecular complexity index is 389. The maximum Gasteiger partial charge on any atom is 0.289 e. The molecule has 0 bridgehead atoms. The molecule has 1 heterocycles. The van der Waals surface area contributed by atoms with Crippen LogP contribution in [-0.4, -0.2) is 21.9 Å². The average molecular weight is 241 g/mol. The van der Waals surface area contributed by atoms with Crippen molar-refractivity contribution in [2.45, 2.75) is 32.7 Å². The molecule has 1 amide bonds. The molecule has 1 unspecified atom stereocenters. The lowest BCUT2D eigenvalue weighted by atomic mass is 10.1. The van der Waals surface area contributed by atoms with Crippen LogP contribution in [0.1, 0.15) is 36.0 Å². The topological polar surface area (TPSA) is 81.2 Å². The summed E-state index contributed by atoms with van der Waals surface area (Å²) in [6, 6.07) is -0.294. The molecule has 1 rings (SSSR count). The SMILES string of the molecule is CCCC(NC(=O)c1ocnc1C)C(N)=S. The van der Waals surface area contributed by atoms with E-state index in [0.29, 0.717) is 12.1 Å². The van der Waals surface area contributed by atoms with Crippen LogP contribution in [0.25, 0.3) is 0 Å². The lowest BCUT2D eigenvalue weighted by Gasteiger charge is -2.15. The predicted molar refractivity (Wildman–Crippen MR) is 64.2 cm³/mol. The van der Waals surface area contributed by atoms with Gasteiger partial charge in [-0.15, -0.1) is 0 Å². The molecule has 0 saturated heterocycles. The quantitative estimate of drug-likeness (QED) is 0.756. The maximum absolute atomic E-state index is 11.8. The summed E-state index contributed by atoms with van der Waals surface area (Å²) in [4.78, 5) is 15.9. The van der Waals surface area contributed by atoms with Gasteiger partial charge in [-0.25, -0.2) is 4.98 Å². The Hall–Kier alpha value is -1.43. The second kappa shape index (κ2) is 5.60. The summed E-state index contributed by atoms with van der Waals surface area (Å²) >= 11 is 4.88. The molecule has 0 saturated carbocycles. The van der Waals surface area contributed by atoms with Crippen LogP contribution >= 0.6 is 12.2 Å². The highest BCUT2D eigenvalue weighted by molar-refractivity contribution is 7.80. The molecule has 1 atom stereocenters. The van der Waals surface area contributed by atoms with Gasteiger partial charge < -0.3 is 15.5 Å². The van der Waals surface area contributed by atoms with Crippen molar-refractivity contribution in [2.24, 2.45) is 5.73 Å². The van der Waals surface area contributed by atoms with Gasteiger partial charge in [-0.2, -0.15) is 0 Å². The molecule has 0 aliphatic heterocycles. The Morgan fingerprint density at radius 1 is 1.75 bits per heavy atom. The number of thiocarbonyl (C=S) groups is 1. The number of carbonyl (C=O) groups excluding carboxylic acids is 1. The van der Waals surface area contributed by atoms with E-state index in [1.807, 2.05) is 6.92 Å². The Labute approximate surface area is 99.4 Å². The van der Waals surface area contributed by atoms with Crippen molar-refractivity contribution in [3.8, 4) is 0 Å². The van der Waals surface area contributed by atoms with Crippen LogP contribution in [0, 0.1) is 6.92 Å². The zero-order chi connectivity index (χ0) is 12.1. The molecule has 0 radical (unpaired) electrons. The van der Waals surface area contributed by atoms with Crippen LogP contribution in [0.2, 0.25) is 0 Å². The highest BCUT2D eigenvalue weighted by Gasteiger charge is 2.19. The number of rotatable bonds is 5. The van der Waals surface area contributed by atoms with Gasteiger partial charge in [-0.1, -0.05) is 25.6 Å². The van der Waals surface area contributed by atoms with Gasteiger partial charge in [0.2, 0.25) is 5.76 Å². The van der Waals surface area contributed by atoms with Gasteiger partial charge in [0.1, 0.15) is 0 Å². The van der Waals surface area contributed by atoms with E-state index < -0.39 is 0 Å². The lowest BCUT2D eigenvalue weighted by molar-refractivity contribution is 0.0917. The van der Waals surface area contributed by atoms with Gasteiger partial charge in [0.25, 0.3) is 5.91 Å². The first-order valence-electron chi connectivity index (χ1n) is 5.06. The number of aromatic nitrogens is 1. The van der Waals surface area contributed by atoms with Crippen LogP contribution < -0.4 is 11.1 Å².